The Balaban J connectivity index is 0.00000280. The van der Waals surface area contributed by atoms with Crippen LogP contribution in [0, 0.1) is 0 Å². The van der Waals surface area contributed by atoms with Gasteiger partial charge < -0.3 is 20.0 Å². The molecule has 0 aliphatic carbocycles. The van der Waals surface area contributed by atoms with Gasteiger partial charge in [0.1, 0.15) is 18.0 Å². The van der Waals surface area contributed by atoms with E-state index in [1.165, 1.54) is 18.7 Å². The van der Waals surface area contributed by atoms with Crippen LogP contribution in [0.3, 0.4) is 0 Å². The van der Waals surface area contributed by atoms with Gasteiger partial charge in [-0.05, 0) is 11.6 Å². The zero-order chi connectivity index (χ0) is 19.6. The predicted molar refractivity (Wildman–Crippen MR) is 91.6 cm³/mol. The van der Waals surface area contributed by atoms with Crippen molar-refractivity contribution in [1.82, 2.24) is 15.2 Å². The summed E-state index contributed by atoms with van der Waals surface area (Å²) in [6.45, 7) is 0.987. The van der Waals surface area contributed by atoms with Gasteiger partial charge in [-0.15, -0.1) is 11.8 Å². The maximum absolute atomic E-state index is 12.4. The molecule has 2 aliphatic heterocycles. The van der Waals surface area contributed by atoms with Gasteiger partial charge in [-0.25, -0.2) is 0 Å². The largest absolute Gasteiger partial charge is 1.00 e. The van der Waals surface area contributed by atoms with Gasteiger partial charge in [0.2, 0.25) is 5.91 Å². The van der Waals surface area contributed by atoms with Crippen LogP contribution >= 0.6 is 11.8 Å². The van der Waals surface area contributed by atoms with Crippen molar-refractivity contribution >= 4 is 35.5 Å². The molecule has 2 unspecified atom stereocenters. The maximum atomic E-state index is 12.4. The molecule has 3 heterocycles. The third-order valence-electron chi connectivity index (χ3n) is 4.09. The van der Waals surface area contributed by atoms with Gasteiger partial charge in [-0.3, -0.25) is 24.3 Å². The van der Waals surface area contributed by atoms with Crippen molar-refractivity contribution in [3.63, 3.8) is 0 Å². The smallest absolute Gasteiger partial charge is 0.543 e. The average molecular weight is 413 g/mol. The summed E-state index contributed by atoms with van der Waals surface area (Å²) in [5.74, 6) is -2.71. The van der Waals surface area contributed by atoms with E-state index in [4.69, 9.17) is 4.74 Å². The van der Waals surface area contributed by atoms with E-state index in [-0.39, 0.29) is 59.9 Å². The number of rotatable bonds is 6. The molecule has 2 amide bonds. The first-order valence-corrected chi connectivity index (χ1v) is 9.13. The van der Waals surface area contributed by atoms with Crippen LogP contribution in [-0.4, -0.2) is 57.4 Å². The molecule has 11 heteroatoms. The molecule has 9 nitrogen and oxygen atoms in total. The molecular formula is C17H16N3NaO6S. The summed E-state index contributed by atoms with van der Waals surface area (Å²) in [6.07, 6.45) is 3.21. The minimum absolute atomic E-state index is 0. The van der Waals surface area contributed by atoms with Crippen molar-refractivity contribution in [1.29, 1.82) is 0 Å². The zero-order valence-corrected chi connectivity index (χ0v) is 18.2. The maximum Gasteiger partial charge on any atom is 1.00 e. The normalized spacial score (nSPS) is 20.5. The first-order chi connectivity index (χ1) is 12.9. The number of hydrogen-bond acceptors (Lipinski definition) is 8. The summed E-state index contributed by atoms with van der Waals surface area (Å²) < 4.78 is 4.85. The number of carboxylic acid groups (broad SMARTS) is 1. The van der Waals surface area contributed by atoms with Crippen molar-refractivity contribution in [3.8, 4) is 0 Å². The summed E-state index contributed by atoms with van der Waals surface area (Å²) >= 11 is 1.29. The van der Waals surface area contributed by atoms with Crippen LogP contribution in [0.4, 0.5) is 0 Å². The minimum Gasteiger partial charge on any atom is -0.543 e. The summed E-state index contributed by atoms with van der Waals surface area (Å²) in [6, 6.07) is 2.63. The molecule has 28 heavy (non-hydrogen) atoms. The van der Waals surface area contributed by atoms with Gasteiger partial charge in [-0.1, -0.05) is 6.07 Å². The Bertz CT molecular complexity index is 831. The van der Waals surface area contributed by atoms with E-state index in [9.17, 15) is 24.3 Å². The number of aliphatic carboxylic acids is 1. The second-order valence-corrected chi connectivity index (χ2v) is 7.12. The van der Waals surface area contributed by atoms with Gasteiger partial charge >= 0.3 is 35.5 Å². The fraction of sp³-hybridized carbons (Fsp3) is 0.353. The van der Waals surface area contributed by atoms with Gasteiger partial charge in [0, 0.05) is 30.6 Å². The Morgan fingerprint density at radius 2 is 2.18 bits per heavy atom. The van der Waals surface area contributed by atoms with Crippen LogP contribution in [0.25, 0.3) is 0 Å². The molecule has 1 N–H and O–H groups in total. The average Bonchev–Trinajstić information content (AvgIpc) is 2.64. The number of pyridine rings is 1. The van der Waals surface area contributed by atoms with E-state index < -0.39 is 29.3 Å². The molecule has 0 radical (unpaired) electrons. The Hall–Kier alpha value is -1.88. The number of β-lactam (4-membered cyclic amide) rings is 1. The number of carboxylic acids is 1. The predicted octanol–water partition coefficient (Wildman–Crippen LogP) is -4.40. The number of nitrogens with zero attached hydrogens (tertiary/aromatic N) is 2. The van der Waals surface area contributed by atoms with E-state index in [2.05, 4.69) is 10.3 Å². The number of aromatic nitrogens is 1. The first-order valence-electron chi connectivity index (χ1n) is 8.08. The van der Waals surface area contributed by atoms with Crippen LogP contribution in [-0.2, 0) is 30.3 Å². The first kappa shape index (κ1) is 22.4. The van der Waals surface area contributed by atoms with Crippen molar-refractivity contribution in [2.75, 3.05) is 12.4 Å². The molecule has 1 saturated heterocycles. The van der Waals surface area contributed by atoms with Crippen LogP contribution in [0.1, 0.15) is 12.5 Å². The second kappa shape index (κ2) is 9.55. The fourth-order valence-electron chi connectivity index (χ4n) is 2.88. The number of nitrogens with one attached hydrogen (secondary N) is 1. The van der Waals surface area contributed by atoms with Gasteiger partial charge in [0.25, 0.3) is 5.91 Å². The third-order valence-corrected chi connectivity index (χ3v) is 5.43. The number of amides is 2. The van der Waals surface area contributed by atoms with Crippen molar-refractivity contribution < 1.29 is 58.6 Å². The molecule has 0 spiro atoms. The Morgan fingerprint density at radius 1 is 1.43 bits per heavy atom. The molecule has 142 valence electrons. The quantitative estimate of drug-likeness (QED) is 0.281. The van der Waals surface area contributed by atoms with E-state index >= 15 is 0 Å². The number of ether oxygens (including phenoxy) is 1. The number of carbonyl (C=O) groups is 4. The summed E-state index contributed by atoms with van der Waals surface area (Å²) in [7, 11) is 0. The Labute approximate surface area is 187 Å². The van der Waals surface area contributed by atoms with Crippen LogP contribution < -0.4 is 40.0 Å². The van der Waals surface area contributed by atoms with Gasteiger partial charge in [-0.2, -0.15) is 0 Å². The molecule has 0 aromatic carbocycles. The number of carbonyl (C=O) groups excluding carboxylic acids is 4. The summed E-state index contributed by atoms with van der Waals surface area (Å²) in [5, 5.41) is 13.6. The molecular weight excluding hydrogens is 397 g/mol. The molecule has 1 fully saturated rings. The summed E-state index contributed by atoms with van der Waals surface area (Å²) in [5.41, 5.74) is 0.705. The van der Waals surface area contributed by atoms with Crippen molar-refractivity contribution in [2.45, 2.75) is 24.8 Å². The van der Waals surface area contributed by atoms with E-state index in [0.717, 1.165) is 4.90 Å². The monoisotopic (exact) mass is 413 g/mol. The molecule has 2 atom stereocenters. The third kappa shape index (κ3) is 4.75. The van der Waals surface area contributed by atoms with Crippen molar-refractivity contribution in [3.05, 3.63) is 41.4 Å². The molecule has 1 aromatic heterocycles. The number of fused-ring (bicyclic) bond motifs is 1. The Kier molecular flexibility index (Phi) is 7.64. The number of hydrogen-bond donors (Lipinski definition) is 1. The van der Waals surface area contributed by atoms with Gasteiger partial charge in [0.15, 0.2) is 0 Å². The SMILES string of the molecule is CC(=O)OCC1=C(C(=O)[O-])N2C(=O)C(NC(=O)Cc3cccnc3)C2SC1.[Na+]. The summed E-state index contributed by atoms with van der Waals surface area (Å²) in [4.78, 5) is 52.1. The molecule has 0 saturated carbocycles. The van der Waals surface area contributed by atoms with E-state index in [0.29, 0.717) is 11.1 Å². The molecule has 3 rings (SSSR count). The standard InChI is InChI=1S/C17H17N3O6S.Na/c1-9(21)26-7-11-8-27-16-13(15(23)20(16)14(11)17(24)25)19-12(22)5-10-3-2-4-18-6-10;/h2-4,6,13,16H,5,7-8H2,1H3,(H,19,22)(H,24,25);/q;+1/p-1. The molecule has 0 bridgehead atoms. The van der Waals surface area contributed by atoms with Crippen LogP contribution in [0.15, 0.2) is 35.8 Å². The zero-order valence-electron chi connectivity index (χ0n) is 15.3. The Morgan fingerprint density at radius 3 is 2.79 bits per heavy atom. The van der Waals surface area contributed by atoms with E-state index in [1.54, 1.807) is 24.5 Å². The van der Waals surface area contributed by atoms with Crippen molar-refractivity contribution in [2.24, 2.45) is 0 Å². The topological polar surface area (TPSA) is 129 Å². The van der Waals surface area contributed by atoms with Crippen LogP contribution in [0.5, 0.6) is 0 Å². The minimum atomic E-state index is -1.52. The number of thioether (sulfide) groups is 1. The number of esters is 1. The van der Waals surface area contributed by atoms with E-state index in [1.807, 2.05) is 0 Å². The fourth-order valence-corrected chi connectivity index (χ4v) is 4.21. The van der Waals surface area contributed by atoms with Crippen LogP contribution in [0.2, 0.25) is 0 Å². The molecule has 2 aliphatic rings. The van der Waals surface area contributed by atoms with Gasteiger partial charge in [0.05, 0.1) is 18.1 Å². The molecule has 1 aromatic rings. The second-order valence-electron chi connectivity index (χ2n) is 6.01.